The molecule has 1 saturated heterocycles. The topological polar surface area (TPSA) is 89.1 Å². The average Bonchev–Trinajstić information content (AvgIpc) is 2.98. The van der Waals surface area contributed by atoms with Crippen molar-refractivity contribution in [3.8, 4) is 11.5 Å². The minimum absolute atomic E-state index is 0.0895. The number of rotatable bonds is 4. The van der Waals surface area contributed by atoms with E-state index in [9.17, 15) is 4.79 Å². The number of amides is 1. The second-order valence-electron chi connectivity index (χ2n) is 7.01. The Hall–Kier alpha value is -2.38. The van der Waals surface area contributed by atoms with E-state index in [0.29, 0.717) is 11.3 Å². The van der Waals surface area contributed by atoms with E-state index in [1.807, 2.05) is 18.9 Å². The SMILES string of the molecule is C[C@H](Nc1nnc(-c2cnn(C)c2)o1)C(=O)N1CCC2(CC1)CC2. The minimum atomic E-state index is -0.388. The Morgan fingerprint density at radius 2 is 2.04 bits per heavy atom. The van der Waals surface area contributed by atoms with E-state index in [0.717, 1.165) is 31.5 Å². The molecule has 1 atom stereocenters. The number of anilines is 1. The number of likely N-dealkylation sites (tertiary alicyclic amines) is 1. The van der Waals surface area contributed by atoms with Crippen molar-refractivity contribution >= 4 is 11.9 Å². The highest BCUT2D eigenvalue weighted by Crippen LogP contribution is 2.53. The van der Waals surface area contributed by atoms with Crippen molar-refractivity contribution < 1.29 is 9.21 Å². The molecule has 1 saturated carbocycles. The average molecular weight is 330 g/mol. The van der Waals surface area contributed by atoms with E-state index in [4.69, 9.17) is 4.42 Å². The van der Waals surface area contributed by atoms with Gasteiger partial charge >= 0.3 is 6.01 Å². The maximum Gasteiger partial charge on any atom is 0.316 e. The summed E-state index contributed by atoms with van der Waals surface area (Å²) in [5, 5.41) is 15.1. The quantitative estimate of drug-likeness (QED) is 0.917. The van der Waals surface area contributed by atoms with E-state index in [1.54, 1.807) is 17.1 Å². The number of aromatic nitrogens is 4. The molecule has 2 aromatic heterocycles. The van der Waals surface area contributed by atoms with Gasteiger partial charge in [0.15, 0.2) is 0 Å². The molecular weight excluding hydrogens is 308 g/mol. The van der Waals surface area contributed by atoms with Gasteiger partial charge < -0.3 is 14.6 Å². The highest BCUT2D eigenvalue weighted by molar-refractivity contribution is 5.83. The van der Waals surface area contributed by atoms with Crippen molar-refractivity contribution in [2.75, 3.05) is 18.4 Å². The first kappa shape index (κ1) is 15.2. The fourth-order valence-corrected chi connectivity index (χ4v) is 3.33. The first-order valence-corrected chi connectivity index (χ1v) is 8.43. The van der Waals surface area contributed by atoms with E-state index in [-0.39, 0.29) is 18.0 Å². The number of piperidine rings is 1. The van der Waals surface area contributed by atoms with Crippen LogP contribution in [-0.4, -0.2) is 49.9 Å². The number of hydrogen-bond donors (Lipinski definition) is 1. The van der Waals surface area contributed by atoms with Crippen LogP contribution in [0.2, 0.25) is 0 Å². The Morgan fingerprint density at radius 1 is 1.29 bits per heavy atom. The van der Waals surface area contributed by atoms with E-state index < -0.39 is 0 Å². The molecule has 0 unspecified atom stereocenters. The highest BCUT2D eigenvalue weighted by atomic mass is 16.4. The van der Waals surface area contributed by atoms with Gasteiger partial charge in [-0.3, -0.25) is 9.48 Å². The van der Waals surface area contributed by atoms with Crippen LogP contribution in [0.3, 0.4) is 0 Å². The first-order chi connectivity index (χ1) is 11.5. The van der Waals surface area contributed by atoms with E-state index in [2.05, 4.69) is 20.6 Å². The van der Waals surface area contributed by atoms with Crippen LogP contribution in [0.15, 0.2) is 16.8 Å². The molecule has 2 fully saturated rings. The van der Waals surface area contributed by atoms with Crippen molar-refractivity contribution in [1.82, 2.24) is 24.9 Å². The summed E-state index contributed by atoms with van der Waals surface area (Å²) in [6.45, 7) is 3.54. The van der Waals surface area contributed by atoms with Crippen molar-refractivity contribution in [3.05, 3.63) is 12.4 Å². The third-order valence-corrected chi connectivity index (χ3v) is 5.18. The predicted molar refractivity (Wildman–Crippen MR) is 87.1 cm³/mol. The summed E-state index contributed by atoms with van der Waals surface area (Å²) in [5.41, 5.74) is 1.32. The molecule has 2 aromatic rings. The van der Waals surface area contributed by atoms with Crippen LogP contribution in [-0.2, 0) is 11.8 Å². The molecule has 128 valence electrons. The lowest BCUT2D eigenvalue weighted by atomic mass is 9.93. The van der Waals surface area contributed by atoms with Crippen LogP contribution in [0.25, 0.3) is 11.5 Å². The molecule has 1 N–H and O–H groups in total. The zero-order valence-electron chi connectivity index (χ0n) is 14.0. The molecule has 1 spiro atoms. The Balaban J connectivity index is 1.36. The van der Waals surface area contributed by atoms with Crippen molar-refractivity contribution in [1.29, 1.82) is 0 Å². The van der Waals surface area contributed by atoms with Gasteiger partial charge in [-0.05, 0) is 38.0 Å². The van der Waals surface area contributed by atoms with Gasteiger partial charge in [0.25, 0.3) is 5.89 Å². The fraction of sp³-hybridized carbons (Fsp3) is 0.625. The summed E-state index contributed by atoms with van der Waals surface area (Å²) < 4.78 is 7.25. The zero-order valence-corrected chi connectivity index (χ0v) is 14.0. The maximum absolute atomic E-state index is 12.6. The smallest absolute Gasteiger partial charge is 0.316 e. The Morgan fingerprint density at radius 3 is 2.67 bits per heavy atom. The summed E-state index contributed by atoms with van der Waals surface area (Å²) >= 11 is 0. The largest absolute Gasteiger partial charge is 0.403 e. The van der Waals surface area contributed by atoms with Crippen LogP contribution in [0, 0.1) is 5.41 Å². The summed E-state index contributed by atoms with van der Waals surface area (Å²) in [7, 11) is 1.82. The van der Waals surface area contributed by atoms with Gasteiger partial charge in [0.1, 0.15) is 6.04 Å². The lowest BCUT2D eigenvalue weighted by Crippen LogP contribution is -2.45. The van der Waals surface area contributed by atoms with Gasteiger partial charge in [-0.25, -0.2) is 0 Å². The summed E-state index contributed by atoms with van der Waals surface area (Å²) in [6, 6.07) is -0.133. The molecule has 8 nitrogen and oxygen atoms in total. The molecular formula is C16H22N6O2. The summed E-state index contributed by atoms with van der Waals surface area (Å²) in [5.74, 6) is 0.477. The van der Waals surface area contributed by atoms with Crippen LogP contribution in [0.4, 0.5) is 6.01 Å². The van der Waals surface area contributed by atoms with Crippen LogP contribution in [0.5, 0.6) is 0 Å². The third kappa shape index (κ3) is 2.88. The Labute approximate surface area is 140 Å². The third-order valence-electron chi connectivity index (χ3n) is 5.18. The Bertz CT molecular complexity index is 737. The zero-order chi connectivity index (χ0) is 16.7. The van der Waals surface area contributed by atoms with Crippen molar-refractivity contribution in [3.63, 3.8) is 0 Å². The molecule has 8 heteroatoms. The fourth-order valence-electron chi connectivity index (χ4n) is 3.33. The molecule has 4 rings (SSSR count). The second kappa shape index (κ2) is 5.61. The molecule has 3 heterocycles. The molecule has 24 heavy (non-hydrogen) atoms. The lowest BCUT2D eigenvalue weighted by Gasteiger charge is -2.33. The predicted octanol–water partition coefficient (Wildman–Crippen LogP) is 1.67. The standard InChI is InChI=1S/C16H22N6O2/c1-11(14(23)22-7-5-16(3-4-16)6-8-22)18-15-20-19-13(24-15)12-9-17-21(2)10-12/h9-11H,3-8H2,1-2H3,(H,18,20)/t11-/m0/s1. The number of carbonyl (C=O) groups is 1. The van der Waals surface area contributed by atoms with Crippen LogP contribution >= 0.6 is 0 Å². The van der Waals surface area contributed by atoms with Gasteiger partial charge in [0, 0.05) is 26.3 Å². The minimum Gasteiger partial charge on any atom is -0.403 e. The van der Waals surface area contributed by atoms with Crippen LogP contribution in [0.1, 0.15) is 32.6 Å². The number of carbonyl (C=O) groups excluding carboxylic acids is 1. The van der Waals surface area contributed by atoms with Crippen LogP contribution < -0.4 is 5.32 Å². The molecule has 0 radical (unpaired) electrons. The van der Waals surface area contributed by atoms with Gasteiger partial charge in [0.05, 0.1) is 11.8 Å². The molecule has 1 amide bonds. The summed E-state index contributed by atoms with van der Waals surface area (Å²) in [4.78, 5) is 14.5. The number of nitrogens with one attached hydrogen (secondary N) is 1. The molecule has 2 aliphatic rings. The normalized spacial score (nSPS) is 20.2. The number of nitrogens with zero attached hydrogens (tertiary/aromatic N) is 5. The molecule has 0 aromatic carbocycles. The van der Waals surface area contributed by atoms with Gasteiger partial charge in [-0.2, -0.15) is 5.10 Å². The second-order valence-corrected chi connectivity index (χ2v) is 7.01. The number of aryl methyl sites for hydroxylation is 1. The first-order valence-electron chi connectivity index (χ1n) is 8.43. The van der Waals surface area contributed by atoms with Gasteiger partial charge in [-0.1, -0.05) is 5.10 Å². The monoisotopic (exact) mass is 330 g/mol. The Kier molecular flexibility index (Phi) is 3.54. The van der Waals surface area contributed by atoms with Crippen molar-refractivity contribution in [2.24, 2.45) is 12.5 Å². The van der Waals surface area contributed by atoms with Crippen molar-refractivity contribution in [2.45, 2.75) is 38.6 Å². The van der Waals surface area contributed by atoms with Gasteiger partial charge in [0.2, 0.25) is 5.91 Å². The molecule has 0 bridgehead atoms. The maximum atomic E-state index is 12.6. The van der Waals surface area contributed by atoms with Gasteiger partial charge in [-0.15, -0.1) is 5.10 Å². The molecule has 1 aliphatic heterocycles. The molecule has 1 aliphatic carbocycles. The highest BCUT2D eigenvalue weighted by Gasteiger charge is 2.45. The van der Waals surface area contributed by atoms with E-state index in [1.165, 1.54) is 12.8 Å². The van der Waals surface area contributed by atoms with E-state index >= 15 is 0 Å². The lowest BCUT2D eigenvalue weighted by molar-refractivity contribution is -0.133. The summed E-state index contributed by atoms with van der Waals surface area (Å²) in [6.07, 6.45) is 8.40. The number of hydrogen-bond acceptors (Lipinski definition) is 6.